The monoisotopic (exact) mass is 262 g/mol. The van der Waals surface area contributed by atoms with E-state index in [1.54, 1.807) is 0 Å². The molecule has 2 atom stereocenters. The lowest BCUT2D eigenvalue weighted by atomic mass is 9.99. The third kappa shape index (κ3) is 2.40. The van der Waals surface area contributed by atoms with Gasteiger partial charge in [0.1, 0.15) is 5.56 Å². The van der Waals surface area contributed by atoms with Crippen molar-refractivity contribution < 1.29 is 9.90 Å². The van der Waals surface area contributed by atoms with Crippen LogP contribution in [0.5, 0.6) is 0 Å². The number of carboxylic acid groups (broad SMARTS) is 1. The van der Waals surface area contributed by atoms with Crippen LogP contribution in [0.3, 0.4) is 0 Å². The molecule has 3 rings (SSSR count). The molecule has 0 bridgehead atoms. The van der Waals surface area contributed by atoms with E-state index in [1.165, 1.54) is 31.5 Å². The van der Waals surface area contributed by atoms with E-state index < -0.39 is 5.97 Å². The summed E-state index contributed by atoms with van der Waals surface area (Å²) >= 11 is 0. The molecule has 2 aliphatic rings. The molecular formula is C13H18N4O2. The Labute approximate surface area is 111 Å². The van der Waals surface area contributed by atoms with E-state index in [9.17, 15) is 4.79 Å². The number of aromatic nitrogens is 2. The van der Waals surface area contributed by atoms with Gasteiger partial charge >= 0.3 is 5.97 Å². The van der Waals surface area contributed by atoms with Crippen LogP contribution in [0.15, 0.2) is 12.3 Å². The summed E-state index contributed by atoms with van der Waals surface area (Å²) in [6.45, 7) is 2.25. The SMILES string of the molecule is O=C(O)c1ccnnc1NC1CCN2CCCCC12. The number of nitrogens with zero attached hydrogens (tertiary/aromatic N) is 3. The number of hydrogen-bond acceptors (Lipinski definition) is 5. The van der Waals surface area contributed by atoms with Crippen LogP contribution in [0.1, 0.15) is 36.0 Å². The second-order valence-corrected chi connectivity index (χ2v) is 5.24. The van der Waals surface area contributed by atoms with Crippen molar-refractivity contribution in [2.24, 2.45) is 0 Å². The largest absolute Gasteiger partial charge is 0.478 e. The van der Waals surface area contributed by atoms with E-state index >= 15 is 0 Å². The Morgan fingerprint density at radius 2 is 2.26 bits per heavy atom. The Balaban J connectivity index is 1.76. The fourth-order valence-electron chi connectivity index (χ4n) is 3.20. The maximum Gasteiger partial charge on any atom is 0.339 e. The summed E-state index contributed by atoms with van der Waals surface area (Å²) in [4.78, 5) is 13.7. The predicted molar refractivity (Wildman–Crippen MR) is 70.2 cm³/mol. The number of carbonyl (C=O) groups is 1. The molecule has 2 unspecified atom stereocenters. The van der Waals surface area contributed by atoms with Crippen LogP contribution in [0.4, 0.5) is 5.82 Å². The van der Waals surface area contributed by atoms with Crippen LogP contribution in [-0.4, -0.2) is 51.3 Å². The second kappa shape index (κ2) is 5.13. The van der Waals surface area contributed by atoms with E-state index in [2.05, 4.69) is 20.4 Å². The summed E-state index contributed by atoms with van der Waals surface area (Å²) in [5.41, 5.74) is 0.198. The molecule has 102 valence electrons. The Morgan fingerprint density at radius 3 is 3.11 bits per heavy atom. The van der Waals surface area contributed by atoms with E-state index in [0.29, 0.717) is 11.9 Å². The van der Waals surface area contributed by atoms with Crippen molar-refractivity contribution in [2.75, 3.05) is 18.4 Å². The van der Waals surface area contributed by atoms with Gasteiger partial charge < -0.3 is 10.4 Å². The van der Waals surface area contributed by atoms with Crippen LogP contribution in [0.2, 0.25) is 0 Å². The molecule has 2 aliphatic heterocycles. The molecule has 6 heteroatoms. The minimum Gasteiger partial charge on any atom is -0.478 e. The molecule has 0 saturated carbocycles. The van der Waals surface area contributed by atoms with E-state index in [1.807, 2.05) is 0 Å². The number of hydrogen-bond donors (Lipinski definition) is 2. The van der Waals surface area contributed by atoms with E-state index in [4.69, 9.17) is 5.11 Å². The molecule has 3 heterocycles. The summed E-state index contributed by atoms with van der Waals surface area (Å²) < 4.78 is 0. The highest BCUT2D eigenvalue weighted by atomic mass is 16.4. The van der Waals surface area contributed by atoms with Crippen molar-refractivity contribution in [1.29, 1.82) is 0 Å². The third-order valence-corrected chi connectivity index (χ3v) is 4.13. The topological polar surface area (TPSA) is 78.3 Å². The first kappa shape index (κ1) is 12.3. The van der Waals surface area contributed by atoms with Gasteiger partial charge in [0.05, 0.1) is 6.20 Å². The van der Waals surface area contributed by atoms with Crippen molar-refractivity contribution in [3.05, 3.63) is 17.8 Å². The molecule has 0 aromatic carbocycles. The lowest BCUT2D eigenvalue weighted by molar-refractivity contribution is 0.0697. The van der Waals surface area contributed by atoms with E-state index in [-0.39, 0.29) is 11.6 Å². The number of rotatable bonds is 3. The summed E-state index contributed by atoms with van der Waals surface area (Å²) in [5, 5.41) is 20.2. The molecule has 2 fully saturated rings. The highest BCUT2D eigenvalue weighted by molar-refractivity contribution is 5.92. The molecule has 0 amide bonds. The summed E-state index contributed by atoms with van der Waals surface area (Å²) in [6, 6.07) is 2.29. The van der Waals surface area contributed by atoms with Crippen LogP contribution in [0.25, 0.3) is 0 Å². The Hall–Kier alpha value is -1.69. The van der Waals surface area contributed by atoms with Crippen LogP contribution in [0, 0.1) is 0 Å². The van der Waals surface area contributed by atoms with Crippen molar-refractivity contribution in [3.63, 3.8) is 0 Å². The van der Waals surface area contributed by atoms with Gasteiger partial charge in [0.2, 0.25) is 0 Å². The molecule has 1 aromatic rings. The van der Waals surface area contributed by atoms with Crippen molar-refractivity contribution in [3.8, 4) is 0 Å². The smallest absolute Gasteiger partial charge is 0.339 e. The molecule has 0 radical (unpaired) electrons. The van der Waals surface area contributed by atoms with Gasteiger partial charge in [-0.15, -0.1) is 5.10 Å². The van der Waals surface area contributed by atoms with Gasteiger partial charge in [0, 0.05) is 18.6 Å². The Morgan fingerprint density at radius 1 is 1.37 bits per heavy atom. The average molecular weight is 262 g/mol. The molecule has 0 aliphatic carbocycles. The average Bonchev–Trinajstić information content (AvgIpc) is 2.83. The third-order valence-electron chi connectivity index (χ3n) is 4.13. The minimum atomic E-state index is -0.962. The molecule has 1 aromatic heterocycles. The number of fused-ring (bicyclic) bond motifs is 1. The standard InChI is InChI=1S/C13H18N4O2/c18-13(19)9-4-6-14-16-12(9)15-10-5-8-17-7-2-1-3-11(10)17/h4,6,10-11H,1-3,5,7-8H2,(H,15,16)(H,18,19). The van der Waals surface area contributed by atoms with Gasteiger partial charge in [-0.25, -0.2) is 4.79 Å². The first-order chi connectivity index (χ1) is 9.25. The minimum absolute atomic E-state index is 0.198. The summed E-state index contributed by atoms with van der Waals surface area (Å²) in [6.07, 6.45) is 6.16. The number of piperidine rings is 1. The van der Waals surface area contributed by atoms with Gasteiger partial charge in [-0.3, -0.25) is 4.90 Å². The quantitative estimate of drug-likeness (QED) is 0.852. The maximum atomic E-state index is 11.2. The van der Waals surface area contributed by atoms with Gasteiger partial charge in [0.15, 0.2) is 5.82 Å². The predicted octanol–water partition coefficient (Wildman–Crippen LogP) is 1.21. The fourth-order valence-corrected chi connectivity index (χ4v) is 3.20. The Bertz CT molecular complexity index is 479. The molecule has 19 heavy (non-hydrogen) atoms. The van der Waals surface area contributed by atoms with Gasteiger partial charge in [0.25, 0.3) is 0 Å². The summed E-state index contributed by atoms with van der Waals surface area (Å²) in [5.74, 6) is -0.566. The van der Waals surface area contributed by atoms with Gasteiger partial charge in [-0.05, 0) is 31.9 Å². The number of nitrogens with one attached hydrogen (secondary N) is 1. The zero-order chi connectivity index (χ0) is 13.2. The van der Waals surface area contributed by atoms with Crippen molar-refractivity contribution >= 4 is 11.8 Å². The first-order valence-electron chi connectivity index (χ1n) is 6.81. The zero-order valence-corrected chi connectivity index (χ0v) is 10.7. The van der Waals surface area contributed by atoms with Gasteiger partial charge in [-0.1, -0.05) is 6.42 Å². The number of anilines is 1. The molecule has 2 saturated heterocycles. The summed E-state index contributed by atoms with van der Waals surface area (Å²) in [7, 11) is 0. The molecular weight excluding hydrogens is 244 g/mol. The van der Waals surface area contributed by atoms with Crippen molar-refractivity contribution in [2.45, 2.75) is 37.8 Å². The zero-order valence-electron chi connectivity index (χ0n) is 10.7. The normalized spacial score (nSPS) is 26.9. The molecule has 0 spiro atoms. The highest BCUT2D eigenvalue weighted by Gasteiger charge is 2.36. The van der Waals surface area contributed by atoms with Crippen molar-refractivity contribution in [1.82, 2.24) is 15.1 Å². The lowest BCUT2D eigenvalue weighted by Gasteiger charge is -2.32. The Kier molecular flexibility index (Phi) is 3.33. The molecule has 2 N–H and O–H groups in total. The fraction of sp³-hybridized carbons (Fsp3) is 0.615. The highest BCUT2D eigenvalue weighted by Crippen LogP contribution is 2.29. The maximum absolute atomic E-state index is 11.2. The second-order valence-electron chi connectivity index (χ2n) is 5.24. The van der Waals surface area contributed by atoms with Crippen LogP contribution < -0.4 is 5.32 Å². The van der Waals surface area contributed by atoms with E-state index in [0.717, 1.165) is 19.5 Å². The first-order valence-corrected chi connectivity index (χ1v) is 6.81. The lowest BCUT2D eigenvalue weighted by Crippen LogP contribution is -2.42. The number of carboxylic acids is 1. The van der Waals surface area contributed by atoms with Gasteiger partial charge in [-0.2, -0.15) is 5.10 Å². The number of aromatic carboxylic acids is 1. The van der Waals surface area contributed by atoms with Crippen LogP contribution in [-0.2, 0) is 0 Å². The van der Waals surface area contributed by atoms with Crippen LogP contribution >= 0.6 is 0 Å². The molecule has 6 nitrogen and oxygen atoms in total.